The van der Waals surface area contributed by atoms with E-state index in [0.717, 1.165) is 0 Å². The highest BCUT2D eigenvalue weighted by Gasteiger charge is 2.04. The first-order valence-electron chi connectivity index (χ1n) is 5.74. The number of rotatable bonds is 3. The van der Waals surface area contributed by atoms with Crippen molar-refractivity contribution in [3.05, 3.63) is 70.2 Å². The van der Waals surface area contributed by atoms with Crippen LogP contribution < -0.4 is 5.32 Å². The number of nitrogens with one attached hydrogen (secondary N) is 1. The Kier molecular flexibility index (Phi) is 4.63. The monoisotopic (exact) mass is 337 g/mol. The van der Waals surface area contributed by atoms with Crippen LogP contribution in [0.25, 0.3) is 6.08 Å². The highest BCUT2D eigenvalue weighted by atomic mass is 79.9. The zero-order valence-corrected chi connectivity index (χ0v) is 11.8. The predicted octanol–water partition coefficient (Wildman–Crippen LogP) is 4.38. The minimum atomic E-state index is -0.535. The number of carbonyl (C=O) groups excluding carboxylic acids is 1. The first-order chi connectivity index (χ1) is 9.54. The molecule has 0 heterocycles. The SMILES string of the molecule is O=C(/C=C/c1cccc(F)c1)Nc1ccc(Br)cc1F. The maximum atomic E-state index is 13.5. The normalized spacial score (nSPS) is 10.8. The van der Waals surface area contributed by atoms with Crippen molar-refractivity contribution < 1.29 is 13.6 Å². The van der Waals surface area contributed by atoms with Crippen LogP contribution in [0.2, 0.25) is 0 Å². The molecule has 5 heteroatoms. The quantitative estimate of drug-likeness (QED) is 0.827. The minimum absolute atomic E-state index is 0.0853. The third-order valence-electron chi connectivity index (χ3n) is 2.46. The van der Waals surface area contributed by atoms with Crippen molar-refractivity contribution >= 4 is 33.6 Å². The van der Waals surface area contributed by atoms with Gasteiger partial charge in [-0.15, -0.1) is 0 Å². The van der Waals surface area contributed by atoms with Crippen LogP contribution in [-0.4, -0.2) is 5.91 Å². The smallest absolute Gasteiger partial charge is 0.248 e. The fourth-order valence-electron chi connectivity index (χ4n) is 1.55. The summed E-state index contributed by atoms with van der Waals surface area (Å²) in [4.78, 5) is 11.6. The molecule has 0 unspecified atom stereocenters. The predicted molar refractivity (Wildman–Crippen MR) is 78.2 cm³/mol. The zero-order chi connectivity index (χ0) is 14.5. The molecule has 2 aromatic carbocycles. The molecule has 0 fully saturated rings. The molecule has 1 amide bonds. The molecule has 0 spiro atoms. The lowest BCUT2D eigenvalue weighted by atomic mass is 10.2. The molecule has 0 atom stereocenters. The van der Waals surface area contributed by atoms with E-state index in [1.165, 1.54) is 36.4 Å². The van der Waals surface area contributed by atoms with E-state index < -0.39 is 11.7 Å². The second kappa shape index (κ2) is 6.43. The topological polar surface area (TPSA) is 29.1 Å². The molecule has 2 nitrogen and oxygen atoms in total. The molecule has 0 saturated heterocycles. The van der Waals surface area contributed by atoms with Gasteiger partial charge in [-0.25, -0.2) is 8.78 Å². The molecule has 2 rings (SSSR count). The summed E-state index contributed by atoms with van der Waals surface area (Å²) in [6.07, 6.45) is 2.67. The van der Waals surface area contributed by atoms with Crippen molar-refractivity contribution in [1.82, 2.24) is 0 Å². The average molecular weight is 338 g/mol. The van der Waals surface area contributed by atoms with Crippen molar-refractivity contribution in [2.24, 2.45) is 0 Å². The standard InChI is InChI=1S/C15H10BrF2NO/c16-11-5-6-14(13(18)9-11)19-15(20)7-4-10-2-1-3-12(17)8-10/h1-9H,(H,19,20)/b7-4+. The van der Waals surface area contributed by atoms with E-state index in [1.54, 1.807) is 18.2 Å². The molecule has 20 heavy (non-hydrogen) atoms. The van der Waals surface area contributed by atoms with E-state index in [9.17, 15) is 13.6 Å². The number of amides is 1. The molecular formula is C15H10BrF2NO. The van der Waals surface area contributed by atoms with Crippen LogP contribution in [0.15, 0.2) is 53.0 Å². The highest BCUT2D eigenvalue weighted by molar-refractivity contribution is 9.10. The van der Waals surface area contributed by atoms with E-state index in [4.69, 9.17) is 0 Å². The average Bonchev–Trinajstić information content (AvgIpc) is 2.40. The highest BCUT2D eigenvalue weighted by Crippen LogP contribution is 2.19. The Morgan fingerprint density at radius 1 is 1.15 bits per heavy atom. The molecule has 0 bridgehead atoms. The molecular weight excluding hydrogens is 328 g/mol. The third kappa shape index (κ3) is 3.99. The largest absolute Gasteiger partial charge is 0.320 e. The lowest BCUT2D eigenvalue weighted by Gasteiger charge is -2.03. The lowest BCUT2D eigenvalue weighted by molar-refractivity contribution is -0.111. The van der Waals surface area contributed by atoms with Crippen molar-refractivity contribution in [2.75, 3.05) is 5.32 Å². The van der Waals surface area contributed by atoms with Gasteiger partial charge in [-0.2, -0.15) is 0 Å². The van der Waals surface area contributed by atoms with Crippen LogP contribution in [0.5, 0.6) is 0 Å². The van der Waals surface area contributed by atoms with Gasteiger partial charge in [0.1, 0.15) is 11.6 Å². The van der Waals surface area contributed by atoms with Gasteiger partial charge in [0.25, 0.3) is 0 Å². The fourth-order valence-corrected chi connectivity index (χ4v) is 1.88. The number of halogens is 3. The van der Waals surface area contributed by atoms with Gasteiger partial charge in [-0.05, 0) is 42.0 Å². The fraction of sp³-hybridized carbons (Fsp3) is 0. The van der Waals surface area contributed by atoms with Gasteiger partial charge in [-0.3, -0.25) is 4.79 Å². The van der Waals surface area contributed by atoms with Crippen LogP contribution in [0.1, 0.15) is 5.56 Å². The molecule has 1 N–H and O–H groups in total. The van der Waals surface area contributed by atoms with Gasteiger partial charge in [-0.1, -0.05) is 28.1 Å². The Labute approximate surface area is 123 Å². The molecule has 102 valence electrons. The molecule has 0 saturated carbocycles. The third-order valence-corrected chi connectivity index (χ3v) is 2.96. The first-order valence-corrected chi connectivity index (χ1v) is 6.53. The van der Waals surface area contributed by atoms with Crippen LogP contribution in [0.4, 0.5) is 14.5 Å². The van der Waals surface area contributed by atoms with Crippen LogP contribution in [0, 0.1) is 11.6 Å². The van der Waals surface area contributed by atoms with E-state index >= 15 is 0 Å². The second-order valence-electron chi connectivity index (χ2n) is 4.00. The zero-order valence-electron chi connectivity index (χ0n) is 10.2. The van der Waals surface area contributed by atoms with E-state index in [0.29, 0.717) is 10.0 Å². The van der Waals surface area contributed by atoms with Crippen molar-refractivity contribution in [3.63, 3.8) is 0 Å². The van der Waals surface area contributed by atoms with Crippen molar-refractivity contribution in [1.29, 1.82) is 0 Å². The first kappa shape index (κ1) is 14.4. The molecule has 0 aliphatic carbocycles. The lowest BCUT2D eigenvalue weighted by Crippen LogP contribution is -2.09. The van der Waals surface area contributed by atoms with Gasteiger partial charge in [0.05, 0.1) is 5.69 Å². The summed E-state index contributed by atoms with van der Waals surface area (Å²) in [6, 6.07) is 10.1. The van der Waals surface area contributed by atoms with E-state index in [-0.39, 0.29) is 11.5 Å². The van der Waals surface area contributed by atoms with Crippen molar-refractivity contribution in [3.8, 4) is 0 Å². The van der Waals surface area contributed by atoms with Gasteiger partial charge >= 0.3 is 0 Å². The van der Waals surface area contributed by atoms with Crippen molar-refractivity contribution in [2.45, 2.75) is 0 Å². The summed E-state index contributed by atoms with van der Waals surface area (Å²) in [5, 5.41) is 2.41. The van der Waals surface area contributed by atoms with Gasteiger partial charge in [0.2, 0.25) is 5.91 Å². The molecule has 0 aliphatic rings. The van der Waals surface area contributed by atoms with Gasteiger partial charge < -0.3 is 5.32 Å². The van der Waals surface area contributed by atoms with E-state index in [2.05, 4.69) is 21.2 Å². The summed E-state index contributed by atoms with van der Waals surface area (Å²) >= 11 is 3.13. The Balaban J connectivity index is 2.05. The number of hydrogen-bond acceptors (Lipinski definition) is 1. The molecule has 2 aromatic rings. The Hall–Kier alpha value is -2.01. The summed E-state index contributed by atoms with van der Waals surface area (Å²) in [6.45, 7) is 0. The van der Waals surface area contributed by atoms with Gasteiger partial charge in [0.15, 0.2) is 0 Å². The molecule has 0 aliphatic heterocycles. The van der Waals surface area contributed by atoms with Crippen LogP contribution in [-0.2, 0) is 4.79 Å². The summed E-state index contributed by atoms with van der Waals surface area (Å²) in [5.41, 5.74) is 0.638. The molecule has 0 aromatic heterocycles. The maximum Gasteiger partial charge on any atom is 0.248 e. The summed E-state index contributed by atoms with van der Waals surface area (Å²) < 4.78 is 27.0. The number of carbonyl (C=O) groups is 1. The minimum Gasteiger partial charge on any atom is -0.320 e. The number of hydrogen-bond donors (Lipinski definition) is 1. The number of anilines is 1. The summed E-state index contributed by atoms with van der Waals surface area (Å²) in [7, 11) is 0. The van der Waals surface area contributed by atoms with Crippen LogP contribution in [0.3, 0.4) is 0 Å². The van der Waals surface area contributed by atoms with Crippen LogP contribution >= 0.6 is 15.9 Å². The Morgan fingerprint density at radius 2 is 1.95 bits per heavy atom. The maximum absolute atomic E-state index is 13.5. The Morgan fingerprint density at radius 3 is 2.65 bits per heavy atom. The molecule has 0 radical (unpaired) electrons. The number of benzene rings is 2. The second-order valence-corrected chi connectivity index (χ2v) is 4.92. The Bertz CT molecular complexity index is 671. The van der Waals surface area contributed by atoms with Gasteiger partial charge in [0, 0.05) is 10.5 Å². The summed E-state index contributed by atoms with van der Waals surface area (Å²) in [5.74, 6) is -1.41. The van der Waals surface area contributed by atoms with E-state index in [1.807, 2.05) is 0 Å².